The second kappa shape index (κ2) is 6.06. The summed E-state index contributed by atoms with van der Waals surface area (Å²) >= 11 is 1.60. The Morgan fingerprint density at radius 2 is 2.10 bits per heavy atom. The Kier molecular flexibility index (Phi) is 3.97. The summed E-state index contributed by atoms with van der Waals surface area (Å²) in [4.78, 5) is 13.4. The molecule has 1 aliphatic heterocycles. The molecular formula is C17H14O3S. The fourth-order valence-electron chi connectivity index (χ4n) is 2.11. The highest BCUT2D eigenvalue weighted by atomic mass is 32.2. The SMILES string of the molecule is COc1cc2c(cc1C(=O)C=Cc1ccccc1)OCS2. The van der Waals surface area contributed by atoms with Gasteiger partial charge < -0.3 is 9.47 Å². The summed E-state index contributed by atoms with van der Waals surface area (Å²) in [7, 11) is 1.57. The molecule has 3 rings (SSSR count). The summed E-state index contributed by atoms with van der Waals surface area (Å²) in [5.41, 5.74) is 1.50. The molecule has 2 aromatic rings. The Bertz CT molecular complexity index is 693. The molecular weight excluding hydrogens is 284 g/mol. The van der Waals surface area contributed by atoms with Crippen molar-refractivity contribution in [1.29, 1.82) is 0 Å². The standard InChI is InChI=1S/C17H14O3S/c1-19-15-10-17-16(20-11-21-17)9-13(15)14(18)8-7-12-5-3-2-4-6-12/h2-10H,11H2,1H3. The second-order valence-electron chi connectivity index (χ2n) is 4.51. The van der Waals surface area contributed by atoms with E-state index in [-0.39, 0.29) is 5.78 Å². The van der Waals surface area contributed by atoms with Crippen molar-refractivity contribution in [2.75, 3.05) is 13.0 Å². The number of ether oxygens (including phenoxy) is 2. The average molecular weight is 298 g/mol. The second-order valence-corrected chi connectivity index (χ2v) is 5.48. The lowest BCUT2D eigenvalue weighted by Crippen LogP contribution is -1.99. The number of carbonyl (C=O) groups excluding carboxylic acids is 1. The molecule has 1 heterocycles. The fourth-order valence-corrected chi connectivity index (χ4v) is 2.87. The van der Waals surface area contributed by atoms with Gasteiger partial charge in [-0.3, -0.25) is 4.79 Å². The lowest BCUT2D eigenvalue weighted by atomic mass is 10.1. The fraction of sp³-hybridized carbons (Fsp3) is 0.118. The summed E-state index contributed by atoms with van der Waals surface area (Å²) in [6, 6.07) is 13.3. The third kappa shape index (κ3) is 2.95. The first-order chi connectivity index (χ1) is 10.3. The van der Waals surface area contributed by atoms with Crippen molar-refractivity contribution in [3.05, 3.63) is 59.7 Å². The largest absolute Gasteiger partial charge is 0.496 e. The lowest BCUT2D eigenvalue weighted by molar-refractivity contribution is 0.104. The summed E-state index contributed by atoms with van der Waals surface area (Å²) in [6.07, 6.45) is 3.35. The highest BCUT2D eigenvalue weighted by molar-refractivity contribution is 7.99. The monoisotopic (exact) mass is 298 g/mol. The van der Waals surface area contributed by atoms with Gasteiger partial charge in [0.05, 0.1) is 17.6 Å². The maximum Gasteiger partial charge on any atom is 0.189 e. The van der Waals surface area contributed by atoms with Gasteiger partial charge in [0.1, 0.15) is 17.4 Å². The van der Waals surface area contributed by atoms with E-state index < -0.39 is 0 Å². The van der Waals surface area contributed by atoms with Crippen LogP contribution < -0.4 is 9.47 Å². The molecule has 0 amide bonds. The summed E-state index contributed by atoms with van der Waals surface area (Å²) < 4.78 is 10.8. The number of benzene rings is 2. The van der Waals surface area contributed by atoms with Crippen LogP contribution >= 0.6 is 11.8 Å². The zero-order valence-corrected chi connectivity index (χ0v) is 12.4. The Hall–Kier alpha value is -2.20. The highest BCUT2D eigenvalue weighted by Gasteiger charge is 2.19. The molecule has 0 aromatic heterocycles. The number of methoxy groups -OCH3 is 1. The van der Waals surface area contributed by atoms with Crippen molar-refractivity contribution in [3.8, 4) is 11.5 Å². The van der Waals surface area contributed by atoms with E-state index in [9.17, 15) is 4.79 Å². The van der Waals surface area contributed by atoms with Crippen LogP contribution in [0, 0.1) is 0 Å². The van der Waals surface area contributed by atoms with E-state index in [1.165, 1.54) is 0 Å². The van der Waals surface area contributed by atoms with E-state index in [0.717, 1.165) is 16.2 Å². The van der Waals surface area contributed by atoms with Crippen molar-refractivity contribution in [3.63, 3.8) is 0 Å². The smallest absolute Gasteiger partial charge is 0.189 e. The molecule has 0 fully saturated rings. The molecule has 4 heteroatoms. The van der Waals surface area contributed by atoms with Crippen LogP contribution in [0.5, 0.6) is 11.5 Å². The van der Waals surface area contributed by atoms with Gasteiger partial charge >= 0.3 is 0 Å². The van der Waals surface area contributed by atoms with Crippen molar-refractivity contribution in [1.82, 2.24) is 0 Å². The van der Waals surface area contributed by atoms with E-state index >= 15 is 0 Å². The minimum Gasteiger partial charge on any atom is -0.496 e. The van der Waals surface area contributed by atoms with E-state index in [1.54, 1.807) is 37.1 Å². The zero-order valence-electron chi connectivity index (χ0n) is 11.5. The number of fused-ring (bicyclic) bond motifs is 1. The molecule has 0 radical (unpaired) electrons. The number of hydrogen-bond acceptors (Lipinski definition) is 4. The van der Waals surface area contributed by atoms with Gasteiger partial charge in [-0.05, 0) is 23.8 Å². The summed E-state index contributed by atoms with van der Waals surface area (Å²) in [6.45, 7) is 0. The van der Waals surface area contributed by atoms with Crippen LogP contribution in [-0.2, 0) is 0 Å². The average Bonchev–Trinajstić information content (AvgIpc) is 2.99. The number of carbonyl (C=O) groups is 1. The van der Waals surface area contributed by atoms with Gasteiger partial charge in [-0.1, -0.05) is 48.2 Å². The van der Waals surface area contributed by atoms with Crippen LogP contribution in [0.15, 0.2) is 53.4 Å². The first-order valence-electron chi connectivity index (χ1n) is 6.53. The predicted molar refractivity (Wildman–Crippen MR) is 84.2 cm³/mol. The zero-order chi connectivity index (χ0) is 14.7. The lowest BCUT2D eigenvalue weighted by Gasteiger charge is -2.08. The van der Waals surface area contributed by atoms with Gasteiger partial charge in [-0.15, -0.1) is 0 Å². The summed E-state index contributed by atoms with van der Waals surface area (Å²) in [5, 5.41) is 0. The van der Waals surface area contributed by atoms with Gasteiger partial charge in [0, 0.05) is 0 Å². The van der Waals surface area contributed by atoms with Gasteiger partial charge in [-0.2, -0.15) is 0 Å². The van der Waals surface area contributed by atoms with Crippen LogP contribution in [0.2, 0.25) is 0 Å². The minimum atomic E-state index is -0.0981. The van der Waals surface area contributed by atoms with Crippen molar-refractivity contribution < 1.29 is 14.3 Å². The molecule has 106 valence electrons. The van der Waals surface area contributed by atoms with E-state index in [2.05, 4.69) is 0 Å². The first-order valence-corrected chi connectivity index (χ1v) is 7.51. The van der Waals surface area contributed by atoms with E-state index in [1.807, 2.05) is 36.4 Å². The maximum absolute atomic E-state index is 12.4. The number of allylic oxidation sites excluding steroid dienone is 1. The van der Waals surface area contributed by atoms with Gasteiger partial charge in [0.15, 0.2) is 5.78 Å². The van der Waals surface area contributed by atoms with E-state index in [0.29, 0.717) is 17.3 Å². The molecule has 2 aromatic carbocycles. The van der Waals surface area contributed by atoms with Gasteiger partial charge in [0.2, 0.25) is 0 Å². The van der Waals surface area contributed by atoms with Gasteiger partial charge in [-0.25, -0.2) is 0 Å². The number of hydrogen-bond donors (Lipinski definition) is 0. The Morgan fingerprint density at radius 3 is 2.86 bits per heavy atom. The quantitative estimate of drug-likeness (QED) is 0.630. The molecule has 0 atom stereocenters. The first kappa shape index (κ1) is 13.8. The van der Waals surface area contributed by atoms with Crippen LogP contribution in [0.1, 0.15) is 15.9 Å². The molecule has 0 unspecified atom stereocenters. The van der Waals surface area contributed by atoms with Crippen molar-refractivity contribution in [2.24, 2.45) is 0 Å². The van der Waals surface area contributed by atoms with Crippen molar-refractivity contribution >= 4 is 23.6 Å². The third-order valence-electron chi connectivity index (χ3n) is 3.19. The number of thioether (sulfide) groups is 1. The van der Waals surface area contributed by atoms with Crippen LogP contribution in [0.4, 0.5) is 0 Å². The molecule has 0 bridgehead atoms. The number of ketones is 1. The van der Waals surface area contributed by atoms with Crippen LogP contribution in [0.3, 0.4) is 0 Å². The number of rotatable bonds is 4. The predicted octanol–water partition coefficient (Wildman–Crippen LogP) is 4.03. The molecule has 0 saturated carbocycles. The van der Waals surface area contributed by atoms with Crippen LogP contribution in [0.25, 0.3) is 6.08 Å². The Morgan fingerprint density at radius 1 is 1.29 bits per heavy atom. The minimum absolute atomic E-state index is 0.0981. The Balaban J connectivity index is 1.89. The summed E-state index contributed by atoms with van der Waals surface area (Å²) in [5.74, 6) is 1.81. The molecule has 0 saturated heterocycles. The molecule has 21 heavy (non-hydrogen) atoms. The highest BCUT2D eigenvalue weighted by Crippen LogP contribution is 2.40. The molecule has 0 spiro atoms. The van der Waals surface area contributed by atoms with Crippen LogP contribution in [-0.4, -0.2) is 18.8 Å². The Labute approximate surface area is 127 Å². The molecule has 1 aliphatic rings. The van der Waals surface area contributed by atoms with Gasteiger partial charge in [0.25, 0.3) is 0 Å². The molecule has 0 aliphatic carbocycles. The maximum atomic E-state index is 12.4. The normalized spacial score (nSPS) is 13.0. The third-order valence-corrected chi connectivity index (χ3v) is 4.05. The van der Waals surface area contributed by atoms with E-state index in [4.69, 9.17) is 9.47 Å². The molecule has 0 N–H and O–H groups in total. The van der Waals surface area contributed by atoms with Crippen molar-refractivity contribution in [2.45, 2.75) is 4.90 Å². The molecule has 3 nitrogen and oxygen atoms in total. The topological polar surface area (TPSA) is 35.5 Å².